The molecular formula is C48H80O40. The van der Waals surface area contributed by atoms with Crippen molar-refractivity contribution in [2.45, 2.75) is 174 Å². The Morgan fingerprint density at radius 2 is 0.409 bits per heavy atom. The van der Waals surface area contributed by atoms with E-state index in [1.165, 1.54) is 0 Å². The highest BCUT2D eigenvalue weighted by atomic mass is 16.8. The average Bonchev–Trinajstić information content (AvgIpc) is 1.03. The number of hydrogen-bond donors (Lipinski definition) is 30. The summed E-state index contributed by atoms with van der Waals surface area (Å²) in [6, 6.07) is 0. The maximum absolute atomic E-state index is 11.2. The summed E-state index contributed by atoms with van der Waals surface area (Å²) in [6.07, 6.45) is -57.7. The predicted molar refractivity (Wildman–Crippen MR) is 274 cm³/mol. The number of ether oxygens (including phenoxy) is 10. The summed E-state index contributed by atoms with van der Waals surface area (Å²) in [5, 5.41) is 318. The molecule has 0 aromatic carbocycles. The molecule has 0 aliphatic carbocycles. The third-order valence-electron chi connectivity index (χ3n) is 13.1. The van der Waals surface area contributed by atoms with Crippen molar-refractivity contribution >= 4 is 0 Å². The van der Waals surface area contributed by atoms with Crippen molar-refractivity contribution in [3.8, 4) is 0 Å². The third kappa shape index (κ3) is 20.0. The molecule has 4 bridgehead atoms. The second-order valence-corrected chi connectivity index (χ2v) is 19.2. The molecule has 22 unspecified atom stereocenters. The van der Waals surface area contributed by atoms with Crippen molar-refractivity contribution in [3.63, 3.8) is 0 Å². The van der Waals surface area contributed by atoms with Crippen LogP contribution in [0.15, 0.2) is 69.1 Å². The van der Waals surface area contributed by atoms with Gasteiger partial charge in [0.05, 0.1) is 13.2 Å². The van der Waals surface area contributed by atoms with Crippen LogP contribution in [0, 0.1) is 0 Å². The first-order valence-corrected chi connectivity index (χ1v) is 26.4. The van der Waals surface area contributed by atoms with Crippen molar-refractivity contribution in [1.29, 1.82) is 0 Å². The van der Waals surface area contributed by atoms with Crippen LogP contribution in [0.25, 0.3) is 0 Å². The lowest BCUT2D eigenvalue weighted by Crippen LogP contribution is -2.65. The molecule has 0 radical (unpaired) electrons. The minimum atomic E-state index is -2.90. The van der Waals surface area contributed by atoms with Crippen LogP contribution in [0.5, 0.6) is 0 Å². The fourth-order valence-corrected chi connectivity index (χ4v) is 8.36. The van der Waals surface area contributed by atoms with Gasteiger partial charge in [-0.15, -0.1) is 0 Å². The summed E-state index contributed by atoms with van der Waals surface area (Å²) in [5.74, 6) is -19.5. The van der Waals surface area contributed by atoms with E-state index >= 15 is 0 Å². The van der Waals surface area contributed by atoms with Gasteiger partial charge in [-0.2, -0.15) is 0 Å². The summed E-state index contributed by atoms with van der Waals surface area (Å²) in [4.78, 5) is 0. The maximum Gasteiger partial charge on any atom is 0.218 e. The zero-order valence-electron chi connectivity index (χ0n) is 46.1. The first-order valence-electron chi connectivity index (χ1n) is 26.4. The molecule has 5 aliphatic heterocycles. The number of aliphatic hydroxyl groups excluding tert-OH is 30. The fraction of sp³-hybridized carbons (Fsp3) is 0.750. The fourth-order valence-electron chi connectivity index (χ4n) is 8.36. The molecule has 0 amide bonds. The molecule has 5 aliphatic rings. The predicted octanol–water partition coefficient (Wildman–Crippen LogP) is -7.87. The minimum absolute atomic E-state index is 0.778. The Bertz CT molecular complexity index is 2310. The second-order valence-electron chi connectivity index (χ2n) is 19.2. The average molecular weight is 1300 g/mol. The van der Waals surface area contributed by atoms with Gasteiger partial charge in [-0.3, -0.25) is 0 Å². The second kappa shape index (κ2) is 36.7. The SMILES string of the molecule is OCCC1OC(O)/C(O)=C(/O)C(CCO)OC(O)/C(O)=C(\O)C(CCO)OC(O)/C(O)=C(/O)C(CCO)OC(O)/C(O)=C(/O)C(CCO)OC2OC(CO)C(OC3OC(CO)C(OC(O)/C(O)=C(/O)C(CCO)OC(O)C(O)=C1O)C(O)C3O)C(O)C2O. The Morgan fingerprint density at radius 1 is 0.216 bits per heavy atom. The molecule has 0 spiro atoms. The van der Waals surface area contributed by atoms with E-state index in [4.69, 9.17) is 47.4 Å². The number of fused-ring (bicyclic) bond motifs is 2. The van der Waals surface area contributed by atoms with Crippen molar-refractivity contribution in [2.24, 2.45) is 0 Å². The van der Waals surface area contributed by atoms with Gasteiger partial charge >= 0.3 is 0 Å². The van der Waals surface area contributed by atoms with E-state index in [2.05, 4.69) is 0 Å². The van der Waals surface area contributed by atoms with E-state index in [1.54, 1.807) is 0 Å². The van der Waals surface area contributed by atoms with Crippen LogP contribution in [0.1, 0.15) is 38.5 Å². The normalized spacial score (nSPS) is 41.5. The standard InChI is InChI=1S/C48H80O40/c49-7-1-15-23(57)32(66)42(74)81-17(3-9-51)25(59)34(68)44(76)83-19(5-11-53)27(61)36(70)46(78)87-39-21(13-55)86-48(38(72)29(39)63)88-40-22(14-56)85-47(37(71)30(40)64)84-20(6-12-54)28(62)35(69)45(77)82-18(4-10-52)26(60)33(67)43(75)80-16(2-8-50)24(58)31(65)41(73)79-15/h15-22,29-30,37-78H,1-14H2/b31-24+,32-23-,33-26-,34-25?,35-28-,36-27-. The molecule has 2 saturated heterocycles. The quantitative estimate of drug-likeness (QED) is 0.0768. The first kappa shape index (κ1) is 77.2. The van der Waals surface area contributed by atoms with E-state index in [-0.39, 0.29) is 0 Å². The molecule has 0 aromatic heterocycles. The van der Waals surface area contributed by atoms with Crippen LogP contribution in [0.4, 0.5) is 0 Å². The summed E-state index contributed by atoms with van der Waals surface area (Å²) in [7, 11) is 0. The van der Waals surface area contributed by atoms with Crippen LogP contribution in [0.3, 0.4) is 0 Å². The number of rotatable bonds is 14. The summed E-state index contributed by atoms with van der Waals surface area (Å²) < 4.78 is 52.4. The Kier molecular flexibility index (Phi) is 32.2. The highest BCUT2D eigenvalue weighted by Crippen LogP contribution is 2.34. The van der Waals surface area contributed by atoms with Crippen LogP contribution >= 0.6 is 0 Å². The molecule has 22 atom stereocenters. The van der Waals surface area contributed by atoms with Gasteiger partial charge < -0.3 is 201 Å². The largest absolute Gasteiger partial charge is 0.506 e. The zero-order valence-corrected chi connectivity index (χ0v) is 46.1. The van der Waals surface area contributed by atoms with Crippen molar-refractivity contribution < 1.29 is 201 Å². The molecule has 40 nitrogen and oxygen atoms in total. The van der Waals surface area contributed by atoms with Gasteiger partial charge in [0.1, 0.15) is 85.5 Å². The van der Waals surface area contributed by atoms with Gasteiger partial charge in [0, 0.05) is 78.2 Å². The molecule has 40 heteroatoms. The van der Waals surface area contributed by atoms with Crippen LogP contribution in [-0.4, -0.2) is 342 Å². The Labute approximate surface area is 496 Å². The van der Waals surface area contributed by atoms with E-state index in [9.17, 15) is 153 Å². The molecule has 0 saturated carbocycles. The van der Waals surface area contributed by atoms with Gasteiger partial charge in [-0.25, -0.2) is 0 Å². The Morgan fingerprint density at radius 3 is 0.625 bits per heavy atom. The maximum atomic E-state index is 11.2. The van der Waals surface area contributed by atoms with Gasteiger partial charge in [0.15, 0.2) is 81.7 Å². The lowest BCUT2D eigenvalue weighted by molar-refractivity contribution is -0.368. The molecule has 5 rings (SSSR count). The molecular weight excluding hydrogens is 1220 g/mol. The summed E-state index contributed by atoms with van der Waals surface area (Å²) in [6.45, 7) is -8.40. The number of aliphatic hydroxyl groups is 30. The van der Waals surface area contributed by atoms with E-state index < -0.39 is 296 Å². The Balaban J connectivity index is 2.22. The van der Waals surface area contributed by atoms with Crippen LogP contribution < -0.4 is 0 Å². The van der Waals surface area contributed by atoms with Crippen molar-refractivity contribution in [3.05, 3.63) is 69.1 Å². The third-order valence-corrected chi connectivity index (χ3v) is 13.1. The van der Waals surface area contributed by atoms with Crippen molar-refractivity contribution in [2.75, 3.05) is 52.9 Å². The van der Waals surface area contributed by atoms with Crippen molar-refractivity contribution in [1.82, 2.24) is 0 Å². The molecule has 0 aromatic rings. The minimum Gasteiger partial charge on any atom is -0.506 e. The summed E-state index contributed by atoms with van der Waals surface area (Å²) >= 11 is 0. The van der Waals surface area contributed by atoms with E-state index in [0.29, 0.717) is 0 Å². The lowest BCUT2D eigenvalue weighted by atomic mass is 9.96. The number of hydrogen-bond acceptors (Lipinski definition) is 40. The first-order chi connectivity index (χ1) is 41.5. The highest BCUT2D eigenvalue weighted by molar-refractivity contribution is 5.15. The summed E-state index contributed by atoms with van der Waals surface area (Å²) in [5.41, 5.74) is 0. The van der Waals surface area contributed by atoms with E-state index in [1.807, 2.05) is 0 Å². The van der Waals surface area contributed by atoms with Crippen LogP contribution in [-0.2, 0) is 47.4 Å². The molecule has 512 valence electrons. The lowest BCUT2D eigenvalue weighted by Gasteiger charge is -2.47. The molecule has 88 heavy (non-hydrogen) atoms. The zero-order chi connectivity index (χ0) is 66.6. The highest BCUT2D eigenvalue weighted by Gasteiger charge is 2.53. The van der Waals surface area contributed by atoms with E-state index in [0.717, 1.165) is 0 Å². The topological polar surface area (TPSA) is 699 Å². The monoisotopic (exact) mass is 1300 g/mol. The van der Waals surface area contributed by atoms with Gasteiger partial charge in [-0.05, 0) is 0 Å². The van der Waals surface area contributed by atoms with Gasteiger partial charge in [0.25, 0.3) is 0 Å². The Hall–Kier alpha value is -5.08. The van der Waals surface area contributed by atoms with Crippen LogP contribution in [0.2, 0.25) is 0 Å². The molecule has 5 heterocycles. The molecule has 30 N–H and O–H groups in total. The molecule has 2 fully saturated rings. The smallest absolute Gasteiger partial charge is 0.218 e. The van der Waals surface area contributed by atoms with Gasteiger partial charge in [-0.1, -0.05) is 0 Å². The van der Waals surface area contributed by atoms with Gasteiger partial charge in [0.2, 0.25) is 37.7 Å².